The number of ether oxygens (including phenoxy) is 1. The molecular weight excluding hydrogens is 284 g/mol. The van der Waals surface area contributed by atoms with Crippen molar-refractivity contribution in [1.82, 2.24) is 15.5 Å². The van der Waals surface area contributed by atoms with Crippen molar-refractivity contribution < 1.29 is 22.8 Å². The summed E-state index contributed by atoms with van der Waals surface area (Å²) in [5, 5.41) is 6.52. The molecule has 1 aromatic heterocycles. The average molecular weight is 295 g/mol. The summed E-state index contributed by atoms with van der Waals surface area (Å²) in [6.07, 6.45) is 0.322. The molecule has 1 N–H and O–H groups in total. The van der Waals surface area contributed by atoms with E-state index in [1.165, 1.54) is 12.1 Å². The van der Waals surface area contributed by atoms with Gasteiger partial charge in [0.25, 0.3) is 0 Å². The molecule has 1 aliphatic heterocycles. The van der Waals surface area contributed by atoms with Crippen molar-refractivity contribution in [2.24, 2.45) is 0 Å². The predicted molar refractivity (Wildman–Crippen MR) is 66.7 cm³/mol. The molecule has 8 heteroatoms. The van der Waals surface area contributed by atoms with Crippen LogP contribution in [0.3, 0.4) is 0 Å². The maximum Gasteiger partial charge on any atom is 0.387 e. The molecule has 2 heterocycles. The second kappa shape index (κ2) is 5.47. The Morgan fingerprint density at radius 1 is 1.33 bits per heavy atom. The van der Waals surface area contributed by atoms with Crippen LogP contribution in [-0.2, 0) is 4.79 Å². The van der Waals surface area contributed by atoms with Crippen LogP contribution in [0.5, 0.6) is 5.75 Å². The zero-order valence-electron chi connectivity index (χ0n) is 10.8. The van der Waals surface area contributed by atoms with Gasteiger partial charge in [-0.25, -0.2) is 0 Å². The van der Waals surface area contributed by atoms with Gasteiger partial charge >= 0.3 is 6.61 Å². The van der Waals surface area contributed by atoms with Gasteiger partial charge in [0.05, 0.1) is 5.92 Å². The summed E-state index contributed by atoms with van der Waals surface area (Å²) in [4.78, 5) is 15.4. The first-order valence-electron chi connectivity index (χ1n) is 6.27. The number of carbonyl (C=O) groups excluding carboxylic acids is 1. The highest BCUT2D eigenvalue weighted by Crippen LogP contribution is 2.25. The van der Waals surface area contributed by atoms with Crippen molar-refractivity contribution in [3.63, 3.8) is 0 Å². The Balaban J connectivity index is 1.75. The summed E-state index contributed by atoms with van der Waals surface area (Å²) in [7, 11) is 0. The van der Waals surface area contributed by atoms with Gasteiger partial charge in [0.2, 0.25) is 17.6 Å². The number of halogens is 2. The molecule has 110 valence electrons. The number of aromatic nitrogens is 2. The lowest BCUT2D eigenvalue weighted by Gasteiger charge is -2.03. The Hall–Kier alpha value is -2.51. The maximum atomic E-state index is 12.1. The van der Waals surface area contributed by atoms with Crippen LogP contribution in [0.4, 0.5) is 8.78 Å². The van der Waals surface area contributed by atoms with Crippen LogP contribution in [0.2, 0.25) is 0 Å². The number of benzene rings is 1. The summed E-state index contributed by atoms with van der Waals surface area (Å²) in [5.74, 6) is 0.612. The Morgan fingerprint density at radius 2 is 2.10 bits per heavy atom. The van der Waals surface area contributed by atoms with Crippen molar-refractivity contribution in [3.8, 4) is 17.1 Å². The largest absolute Gasteiger partial charge is 0.435 e. The van der Waals surface area contributed by atoms with Crippen molar-refractivity contribution >= 4 is 5.91 Å². The zero-order valence-corrected chi connectivity index (χ0v) is 10.8. The summed E-state index contributed by atoms with van der Waals surface area (Å²) in [6.45, 7) is -2.39. The number of carbonyl (C=O) groups is 1. The molecule has 21 heavy (non-hydrogen) atoms. The number of nitrogens with one attached hydrogen (secondary N) is 1. The van der Waals surface area contributed by atoms with Gasteiger partial charge in [-0.1, -0.05) is 5.16 Å². The zero-order chi connectivity index (χ0) is 14.8. The molecule has 1 fully saturated rings. The van der Waals surface area contributed by atoms with E-state index in [0.717, 1.165) is 0 Å². The number of nitrogens with zero attached hydrogens (tertiary/aromatic N) is 2. The number of rotatable bonds is 4. The third-order valence-electron chi connectivity index (χ3n) is 3.11. The highest BCUT2D eigenvalue weighted by Gasteiger charge is 2.28. The Morgan fingerprint density at radius 3 is 2.71 bits per heavy atom. The van der Waals surface area contributed by atoms with E-state index in [2.05, 4.69) is 20.2 Å². The molecule has 0 aliphatic carbocycles. The lowest BCUT2D eigenvalue weighted by Crippen LogP contribution is -2.13. The first kappa shape index (κ1) is 13.5. The molecule has 1 amide bonds. The van der Waals surface area contributed by atoms with Gasteiger partial charge < -0.3 is 14.6 Å². The lowest BCUT2D eigenvalue weighted by molar-refractivity contribution is -0.119. The van der Waals surface area contributed by atoms with Crippen LogP contribution >= 0.6 is 0 Å². The van der Waals surface area contributed by atoms with E-state index >= 15 is 0 Å². The third kappa shape index (κ3) is 2.99. The fraction of sp³-hybridized carbons (Fsp3) is 0.308. The summed E-state index contributed by atoms with van der Waals surface area (Å²) < 4.78 is 33.5. The summed E-state index contributed by atoms with van der Waals surface area (Å²) >= 11 is 0. The Bertz CT molecular complexity index is 642. The monoisotopic (exact) mass is 295 g/mol. The SMILES string of the molecule is O=C1CC(c2nc(-c3ccc(OC(F)F)cc3)no2)CN1. The Kier molecular flexibility index (Phi) is 3.51. The molecule has 1 atom stereocenters. The number of amides is 1. The smallest absolute Gasteiger partial charge is 0.387 e. The van der Waals surface area contributed by atoms with Gasteiger partial charge in [0.1, 0.15) is 5.75 Å². The normalized spacial score (nSPS) is 18.0. The van der Waals surface area contributed by atoms with E-state index in [4.69, 9.17) is 4.52 Å². The van der Waals surface area contributed by atoms with Crippen LogP contribution in [0.15, 0.2) is 28.8 Å². The summed E-state index contributed by atoms with van der Waals surface area (Å²) in [5.41, 5.74) is 0.615. The van der Waals surface area contributed by atoms with Gasteiger partial charge in [-0.15, -0.1) is 0 Å². The van der Waals surface area contributed by atoms with Crippen molar-refractivity contribution in [2.45, 2.75) is 19.0 Å². The van der Waals surface area contributed by atoms with Crippen LogP contribution in [0, 0.1) is 0 Å². The molecule has 1 unspecified atom stereocenters. The number of alkyl halides is 2. The van der Waals surface area contributed by atoms with E-state index in [0.29, 0.717) is 30.2 Å². The first-order chi connectivity index (χ1) is 10.1. The minimum atomic E-state index is -2.86. The lowest BCUT2D eigenvalue weighted by atomic mass is 10.1. The van der Waals surface area contributed by atoms with E-state index in [9.17, 15) is 13.6 Å². The van der Waals surface area contributed by atoms with Crippen molar-refractivity contribution in [3.05, 3.63) is 30.2 Å². The molecule has 0 saturated carbocycles. The second-order valence-electron chi connectivity index (χ2n) is 4.56. The van der Waals surface area contributed by atoms with Crippen molar-refractivity contribution in [1.29, 1.82) is 0 Å². The van der Waals surface area contributed by atoms with Gasteiger partial charge in [-0.2, -0.15) is 13.8 Å². The molecule has 0 spiro atoms. The topological polar surface area (TPSA) is 77.2 Å². The fourth-order valence-corrected chi connectivity index (χ4v) is 2.08. The quantitative estimate of drug-likeness (QED) is 0.932. The maximum absolute atomic E-state index is 12.1. The molecular formula is C13H11F2N3O3. The first-order valence-corrected chi connectivity index (χ1v) is 6.27. The van der Waals surface area contributed by atoms with E-state index < -0.39 is 6.61 Å². The standard InChI is InChI=1S/C13H11F2N3O3/c14-13(15)20-9-3-1-7(2-4-9)11-17-12(21-18-11)8-5-10(19)16-6-8/h1-4,8,13H,5-6H2,(H,16,19). The molecule has 2 aromatic rings. The molecule has 6 nitrogen and oxygen atoms in total. The fourth-order valence-electron chi connectivity index (χ4n) is 2.08. The van der Waals surface area contributed by atoms with Crippen LogP contribution in [-0.4, -0.2) is 29.2 Å². The molecule has 1 aliphatic rings. The second-order valence-corrected chi connectivity index (χ2v) is 4.56. The van der Waals surface area contributed by atoms with Crippen molar-refractivity contribution in [2.75, 3.05) is 6.54 Å². The van der Waals surface area contributed by atoms with E-state index in [-0.39, 0.29) is 17.6 Å². The molecule has 1 aromatic carbocycles. The molecule has 3 rings (SSSR count). The molecule has 0 bridgehead atoms. The predicted octanol–water partition coefficient (Wildman–Crippen LogP) is 1.94. The van der Waals surface area contributed by atoms with Crippen LogP contribution in [0.25, 0.3) is 11.4 Å². The van der Waals surface area contributed by atoms with Gasteiger partial charge in [0, 0.05) is 18.5 Å². The minimum absolute atomic E-state index is 0.0479. The van der Waals surface area contributed by atoms with Gasteiger partial charge in [-0.05, 0) is 24.3 Å². The molecule has 0 radical (unpaired) electrons. The molecule has 1 saturated heterocycles. The van der Waals surface area contributed by atoms with Crippen LogP contribution < -0.4 is 10.1 Å². The third-order valence-corrected chi connectivity index (χ3v) is 3.11. The van der Waals surface area contributed by atoms with Gasteiger partial charge in [-0.3, -0.25) is 4.79 Å². The Labute approximate surface area is 118 Å². The highest BCUT2D eigenvalue weighted by atomic mass is 19.3. The number of hydrogen-bond donors (Lipinski definition) is 1. The van der Waals surface area contributed by atoms with Crippen LogP contribution in [0.1, 0.15) is 18.2 Å². The number of hydrogen-bond acceptors (Lipinski definition) is 5. The van der Waals surface area contributed by atoms with E-state index in [1.807, 2.05) is 0 Å². The minimum Gasteiger partial charge on any atom is -0.435 e. The van der Waals surface area contributed by atoms with E-state index in [1.54, 1.807) is 12.1 Å². The average Bonchev–Trinajstić information content (AvgIpc) is 3.07. The highest BCUT2D eigenvalue weighted by molar-refractivity contribution is 5.79. The summed E-state index contributed by atoms with van der Waals surface area (Å²) in [6, 6.07) is 5.92. The van der Waals surface area contributed by atoms with Gasteiger partial charge in [0.15, 0.2) is 0 Å².